The van der Waals surface area contributed by atoms with Crippen molar-refractivity contribution in [2.24, 2.45) is 5.92 Å². The molecule has 28 heavy (non-hydrogen) atoms. The van der Waals surface area contributed by atoms with E-state index in [1.54, 1.807) is 0 Å². The average molecular weight is 388 g/mol. The van der Waals surface area contributed by atoms with Crippen LogP contribution in [0, 0.1) is 5.92 Å². The van der Waals surface area contributed by atoms with Crippen LogP contribution in [0.5, 0.6) is 5.75 Å². The van der Waals surface area contributed by atoms with E-state index in [9.17, 15) is 9.90 Å². The summed E-state index contributed by atoms with van der Waals surface area (Å²) in [6, 6.07) is 0.451. The van der Waals surface area contributed by atoms with E-state index in [1.165, 1.54) is 44.9 Å². The van der Waals surface area contributed by atoms with Gasteiger partial charge in [-0.1, -0.05) is 32.1 Å². The van der Waals surface area contributed by atoms with Gasteiger partial charge in [0.1, 0.15) is 17.4 Å². The molecule has 3 fully saturated rings. The Morgan fingerprint density at radius 3 is 2.46 bits per heavy atom. The molecular formula is C22H33N3O3. The van der Waals surface area contributed by atoms with E-state index in [2.05, 4.69) is 10.00 Å². The zero-order valence-corrected chi connectivity index (χ0v) is 16.8. The van der Waals surface area contributed by atoms with Crippen molar-refractivity contribution in [3.63, 3.8) is 0 Å². The Kier molecular flexibility index (Phi) is 4.85. The van der Waals surface area contributed by atoms with Crippen molar-refractivity contribution in [3.05, 3.63) is 11.9 Å². The third kappa shape index (κ3) is 3.34. The summed E-state index contributed by atoms with van der Waals surface area (Å²) in [5.41, 5.74) is 0.359. The van der Waals surface area contributed by atoms with Gasteiger partial charge in [-0.15, -0.1) is 0 Å². The zero-order chi connectivity index (χ0) is 19.1. The lowest BCUT2D eigenvalue weighted by molar-refractivity contribution is -0.141. The fraction of sp³-hybridized carbons (Fsp3) is 0.818. The first-order valence-corrected chi connectivity index (χ1v) is 11.4. The van der Waals surface area contributed by atoms with Gasteiger partial charge in [0.05, 0.1) is 12.2 Å². The summed E-state index contributed by atoms with van der Waals surface area (Å²) in [6.45, 7) is 1.49. The minimum atomic E-state index is -0.563. The molecule has 154 valence electrons. The highest BCUT2D eigenvalue weighted by atomic mass is 16.5. The van der Waals surface area contributed by atoms with Crippen LogP contribution in [0.3, 0.4) is 0 Å². The molecule has 0 radical (unpaired) electrons. The fourth-order valence-corrected chi connectivity index (χ4v) is 5.83. The molecular weight excluding hydrogens is 354 g/mol. The molecule has 6 nitrogen and oxygen atoms in total. The largest absolute Gasteiger partial charge is 0.483 e. The van der Waals surface area contributed by atoms with Crippen LogP contribution < -0.4 is 4.74 Å². The SMILES string of the molecule is O=C(C1CCCCC1)N1CCC2(CC1)CC(O)c1nn(C3CCCC3)cc1O2. The highest BCUT2D eigenvalue weighted by Crippen LogP contribution is 2.45. The first kappa shape index (κ1) is 18.5. The second kappa shape index (κ2) is 7.36. The second-order valence-electron chi connectivity index (χ2n) is 9.46. The Bertz CT molecular complexity index is 711. The predicted molar refractivity (Wildman–Crippen MR) is 105 cm³/mol. The molecule has 6 heteroatoms. The number of fused-ring (bicyclic) bond motifs is 1. The van der Waals surface area contributed by atoms with E-state index >= 15 is 0 Å². The molecule has 2 aliphatic heterocycles. The van der Waals surface area contributed by atoms with Crippen LogP contribution in [0.2, 0.25) is 0 Å². The lowest BCUT2D eigenvalue weighted by Crippen LogP contribution is -2.52. The monoisotopic (exact) mass is 387 g/mol. The average Bonchev–Trinajstić information content (AvgIpc) is 3.38. The number of nitrogens with zero attached hydrogens (tertiary/aromatic N) is 3. The van der Waals surface area contributed by atoms with Gasteiger partial charge in [0.25, 0.3) is 0 Å². The Morgan fingerprint density at radius 2 is 1.75 bits per heavy atom. The Labute approximate surface area is 167 Å². The number of aromatic nitrogens is 2. The zero-order valence-electron chi connectivity index (χ0n) is 16.8. The van der Waals surface area contributed by atoms with E-state index < -0.39 is 6.10 Å². The molecule has 5 rings (SSSR count). The maximum absolute atomic E-state index is 12.9. The number of aliphatic hydroxyl groups excluding tert-OH is 1. The molecule has 2 saturated carbocycles. The number of amides is 1. The van der Waals surface area contributed by atoms with Crippen molar-refractivity contribution in [3.8, 4) is 5.75 Å². The minimum absolute atomic E-state index is 0.233. The molecule has 1 amide bonds. The molecule has 4 aliphatic rings. The standard InChI is InChI=1S/C22H33N3O3/c26-18-14-22(28-19-15-25(23-20(18)19)17-8-4-5-9-17)10-12-24(13-11-22)21(27)16-6-2-1-3-7-16/h15-18,26H,1-14H2. The quantitative estimate of drug-likeness (QED) is 0.839. The molecule has 1 aromatic heterocycles. The van der Waals surface area contributed by atoms with Crippen LogP contribution in [0.1, 0.15) is 94.9 Å². The van der Waals surface area contributed by atoms with E-state index in [0.29, 0.717) is 24.1 Å². The molecule has 1 aromatic rings. The van der Waals surface area contributed by atoms with Gasteiger partial charge in [0.15, 0.2) is 5.75 Å². The number of rotatable bonds is 2. The molecule has 1 saturated heterocycles. The van der Waals surface area contributed by atoms with E-state index in [4.69, 9.17) is 4.74 Å². The van der Waals surface area contributed by atoms with Crippen molar-refractivity contribution in [2.75, 3.05) is 13.1 Å². The van der Waals surface area contributed by atoms with E-state index in [-0.39, 0.29) is 11.5 Å². The van der Waals surface area contributed by atoms with Gasteiger partial charge in [0, 0.05) is 38.3 Å². The maximum atomic E-state index is 12.9. The van der Waals surface area contributed by atoms with Crippen molar-refractivity contribution in [1.29, 1.82) is 0 Å². The lowest BCUT2D eigenvalue weighted by atomic mass is 9.82. The van der Waals surface area contributed by atoms with E-state index in [0.717, 1.165) is 44.5 Å². The molecule has 1 spiro atoms. The summed E-state index contributed by atoms with van der Waals surface area (Å²) in [5, 5.41) is 15.5. The first-order chi connectivity index (χ1) is 13.6. The Balaban J connectivity index is 1.25. The third-order valence-electron chi connectivity index (χ3n) is 7.57. The Hall–Kier alpha value is -1.56. The van der Waals surface area contributed by atoms with Crippen molar-refractivity contribution in [1.82, 2.24) is 14.7 Å². The van der Waals surface area contributed by atoms with Crippen LogP contribution in [0.4, 0.5) is 0 Å². The van der Waals surface area contributed by atoms with Crippen molar-refractivity contribution < 1.29 is 14.6 Å². The number of hydrogen-bond donors (Lipinski definition) is 1. The first-order valence-electron chi connectivity index (χ1n) is 11.4. The van der Waals surface area contributed by atoms with E-state index in [1.807, 2.05) is 10.9 Å². The van der Waals surface area contributed by atoms with Gasteiger partial charge in [-0.05, 0) is 25.7 Å². The molecule has 3 heterocycles. The van der Waals surface area contributed by atoms with Crippen LogP contribution >= 0.6 is 0 Å². The number of likely N-dealkylation sites (tertiary alicyclic amines) is 1. The summed E-state index contributed by atoms with van der Waals surface area (Å²) in [5.74, 6) is 1.34. The van der Waals surface area contributed by atoms with Crippen molar-refractivity contribution in [2.45, 2.75) is 94.8 Å². The topological polar surface area (TPSA) is 67.6 Å². The lowest BCUT2D eigenvalue weighted by Gasteiger charge is -2.45. The molecule has 1 unspecified atom stereocenters. The normalized spacial score (nSPS) is 28.3. The molecule has 2 aliphatic carbocycles. The highest BCUT2D eigenvalue weighted by Gasteiger charge is 2.45. The predicted octanol–water partition coefficient (Wildman–Crippen LogP) is 3.76. The number of aliphatic hydroxyl groups is 1. The van der Waals surface area contributed by atoms with Gasteiger partial charge in [-0.2, -0.15) is 5.10 Å². The molecule has 1 atom stereocenters. The van der Waals surface area contributed by atoms with Crippen molar-refractivity contribution >= 4 is 5.91 Å². The minimum Gasteiger partial charge on any atom is -0.483 e. The van der Waals surface area contributed by atoms with Crippen LogP contribution in [0.15, 0.2) is 6.20 Å². The summed E-state index contributed by atoms with van der Waals surface area (Å²) in [6.07, 6.45) is 14.3. The number of piperidine rings is 1. The van der Waals surface area contributed by atoms with Gasteiger partial charge in [-0.3, -0.25) is 9.48 Å². The summed E-state index contributed by atoms with van der Waals surface area (Å²) < 4.78 is 8.49. The van der Waals surface area contributed by atoms with Gasteiger partial charge < -0.3 is 14.7 Å². The number of hydrogen-bond acceptors (Lipinski definition) is 4. The second-order valence-corrected chi connectivity index (χ2v) is 9.46. The number of carbonyl (C=O) groups excluding carboxylic acids is 1. The van der Waals surface area contributed by atoms with Crippen LogP contribution in [-0.2, 0) is 4.79 Å². The van der Waals surface area contributed by atoms with Gasteiger partial charge >= 0.3 is 0 Å². The number of ether oxygens (including phenoxy) is 1. The smallest absolute Gasteiger partial charge is 0.225 e. The van der Waals surface area contributed by atoms with Crippen LogP contribution in [-0.4, -0.2) is 44.4 Å². The third-order valence-corrected chi connectivity index (χ3v) is 7.57. The Morgan fingerprint density at radius 1 is 1.07 bits per heavy atom. The molecule has 0 aromatic carbocycles. The number of carbonyl (C=O) groups is 1. The summed E-state index contributed by atoms with van der Waals surface area (Å²) in [4.78, 5) is 14.9. The summed E-state index contributed by atoms with van der Waals surface area (Å²) >= 11 is 0. The molecule has 1 N–H and O–H groups in total. The highest BCUT2D eigenvalue weighted by molar-refractivity contribution is 5.79. The van der Waals surface area contributed by atoms with Gasteiger partial charge in [0.2, 0.25) is 5.91 Å². The fourth-order valence-electron chi connectivity index (χ4n) is 5.83. The van der Waals surface area contributed by atoms with Crippen LogP contribution in [0.25, 0.3) is 0 Å². The van der Waals surface area contributed by atoms with Gasteiger partial charge in [-0.25, -0.2) is 0 Å². The molecule has 0 bridgehead atoms. The maximum Gasteiger partial charge on any atom is 0.225 e. The summed E-state index contributed by atoms with van der Waals surface area (Å²) in [7, 11) is 0.